The lowest BCUT2D eigenvalue weighted by Gasteiger charge is -2.42. The molecule has 5 aromatic carbocycles. The number of phenolic OH excluding ortho intramolecular Hbond substituents is 1. The van der Waals surface area contributed by atoms with E-state index in [0.717, 1.165) is 138 Å². The summed E-state index contributed by atoms with van der Waals surface area (Å²) >= 11 is 0. The van der Waals surface area contributed by atoms with Gasteiger partial charge in [0.2, 0.25) is 0 Å². The number of Topliss-reactive ketones (excluding diaryl/α,β-unsaturated/α-hetero) is 5. The highest BCUT2D eigenvalue weighted by molar-refractivity contribution is 5.83. The van der Waals surface area contributed by atoms with Gasteiger partial charge in [-0.3, -0.25) is 24.0 Å². The maximum absolute atomic E-state index is 12.9. The Labute approximate surface area is 717 Å². The van der Waals surface area contributed by atoms with Gasteiger partial charge in [0.15, 0.2) is 0 Å². The second-order valence-corrected chi connectivity index (χ2v) is 43.6. The molecule has 5 saturated carbocycles. The van der Waals surface area contributed by atoms with Crippen LogP contribution in [0, 0.1) is 144 Å². The first-order chi connectivity index (χ1) is 54.9. The smallest absolute Gasteiger partial charge is 0.136 e. The lowest BCUT2D eigenvalue weighted by molar-refractivity contribution is -0.129. The number of hydrogen-bond donors (Lipinski definition) is 1. The van der Waals surface area contributed by atoms with E-state index in [-0.39, 0.29) is 23.7 Å². The van der Waals surface area contributed by atoms with Crippen LogP contribution < -0.4 is 4.74 Å². The van der Waals surface area contributed by atoms with E-state index < -0.39 is 0 Å². The number of rotatable bonds is 31. The van der Waals surface area contributed by atoms with Crippen molar-refractivity contribution in [1.82, 2.24) is 0 Å². The molecule has 0 saturated heterocycles. The van der Waals surface area contributed by atoms with E-state index in [0.29, 0.717) is 140 Å². The van der Waals surface area contributed by atoms with Crippen molar-refractivity contribution in [2.24, 2.45) is 116 Å². The van der Waals surface area contributed by atoms with Crippen LogP contribution in [0.25, 0.3) is 0 Å². The Balaban J connectivity index is 0.000000227. The van der Waals surface area contributed by atoms with Gasteiger partial charge < -0.3 is 9.84 Å². The summed E-state index contributed by atoms with van der Waals surface area (Å²) < 4.78 is 5.40. The molecule has 7 nitrogen and oxygen atoms in total. The lowest BCUT2D eigenvalue weighted by Crippen LogP contribution is -2.37. The second-order valence-electron chi connectivity index (χ2n) is 43.6. The summed E-state index contributed by atoms with van der Waals surface area (Å²) in [5.74, 6) is 11.1. The van der Waals surface area contributed by atoms with Crippen LogP contribution in [0.3, 0.4) is 0 Å². The minimum atomic E-state index is 0.236. The Morgan fingerprint density at radius 3 is 0.803 bits per heavy atom. The Hall–Kier alpha value is -5.95. The number of hydrogen-bond acceptors (Lipinski definition) is 7. The van der Waals surface area contributed by atoms with Gasteiger partial charge in [-0.15, -0.1) is 0 Å². The summed E-state index contributed by atoms with van der Waals surface area (Å²) in [6, 6.07) is 40.2. The van der Waals surface area contributed by atoms with Crippen LogP contribution in [0.2, 0.25) is 0 Å². The molecular formula is C110H170O7. The molecule has 5 aliphatic carbocycles. The third-order valence-electron chi connectivity index (χ3n) is 28.8. The summed E-state index contributed by atoms with van der Waals surface area (Å²) in [4.78, 5) is 64.3. The van der Waals surface area contributed by atoms with E-state index in [4.69, 9.17) is 4.74 Å². The second kappa shape index (κ2) is 46.9. The van der Waals surface area contributed by atoms with Crippen LogP contribution in [-0.4, -0.2) is 41.1 Å². The van der Waals surface area contributed by atoms with E-state index in [1.165, 1.54) is 97.6 Å². The van der Waals surface area contributed by atoms with Gasteiger partial charge in [0.25, 0.3) is 0 Å². The highest BCUT2D eigenvalue weighted by atomic mass is 16.5. The average Bonchev–Trinajstić information content (AvgIpc) is 0.830. The Morgan fingerprint density at radius 1 is 0.325 bits per heavy atom. The third kappa shape index (κ3) is 33.8. The SMILES string of the molecule is CC(C)C1CCC(C)(C)CC1C(=O)CCCc1ccccc1.COc1cc(CCCC(=O)C2CC(C)(C)CCC2C(C)C)ccc1C.Cc1ccc(CCCC(=O)C2CC(C)(C)CCC2C(C)C)cc1.Cc1ccc(CCCC(=O)C2CC(C)(C)CCC2C(C)C)cc1.Cc1ccc(CCCC(=O)C2CC(C)(C)CCC2C(C)C)cc1O. The molecule has 5 fully saturated rings. The van der Waals surface area contributed by atoms with Gasteiger partial charge in [0.1, 0.15) is 40.4 Å². The minimum absolute atomic E-state index is 0.236. The quantitative estimate of drug-likeness (QED) is 0.0470. The molecule has 5 aliphatic rings. The number of ether oxygens (including phenoxy) is 1. The Morgan fingerprint density at radius 2 is 0.556 bits per heavy atom. The lowest BCUT2D eigenvalue weighted by atomic mass is 9.62. The van der Waals surface area contributed by atoms with Crippen molar-refractivity contribution in [3.05, 3.63) is 165 Å². The van der Waals surface area contributed by atoms with Crippen molar-refractivity contribution >= 4 is 28.9 Å². The first kappa shape index (κ1) is 99.9. The molecule has 0 aliphatic heterocycles. The molecule has 652 valence electrons. The van der Waals surface area contributed by atoms with Gasteiger partial charge in [-0.25, -0.2) is 0 Å². The van der Waals surface area contributed by atoms with E-state index >= 15 is 0 Å². The molecule has 10 atom stereocenters. The molecule has 5 aromatic rings. The van der Waals surface area contributed by atoms with Gasteiger partial charge in [-0.05, 0) is 326 Å². The van der Waals surface area contributed by atoms with E-state index in [9.17, 15) is 29.1 Å². The molecular weight excluding hydrogens is 1430 g/mol. The normalized spacial score (nSPS) is 23.7. The molecule has 10 rings (SSSR count). The summed E-state index contributed by atoms with van der Waals surface area (Å²) in [6.45, 7) is 54.2. The molecule has 0 aromatic heterocycles. The predicted octanol–water partition coefficient (Wildman–Crippen LogP) is 29.3. The zero-order valence-corrected chi connectivity index (χ0v) is 79.2. The van der Waals surface area contributed by atoms with Crippen LogP contribution in [0.4, 0.5) is 0 Å². The van der Waals surface area contributed by atoms with Crippen molar-refractivity contribution in [2.75, 3.05) is 7.11 Å². The van der Waals surface area contributed by atoms with Gasteiger partial charge >= 0.3 is 0 Å². The molecule has 117 heavy (non-hydrogen) atoms. The van der Waals surface area contributed by atoms with Crippen LogP contribution in [-0.2, 0) is 56.1 Å². The zero-order valence-electron chi connectivity index (χ0n) is 79.2. The standard InChI is InChI=1S/C23H36O2.C22H34O2.2C22H34O.C21H32O/c1-16(2)19-12-13-23(4,5)15-20(19)21(24)9-7-8-18-11-10-17(3)22(14-18)25-6;1-15(2)18-11-12-22(4,5)14-19(18)20(23)8-6-7-17-10-9-16(3)21(24)13-17;2*1-16(2)19-13-14-22(4,5)15-20(19)21(23)8-6-7-18-11-9-17(3)10-12-18;1-16(2)18-13-14-21(3,4)15-19(18)20(22)12-8-11-17-9-6-5-7-10-17/h10-11,14,16,19-20H,7-9,12-13,15H2,1-6H3;9-10,13,15,18-19,24H,6-8,11-12,14H2,1-5H3;2*9-12,16,19-20H,6-8,13-15H2,1-5H3;5-7,9-10,16,18-19H,8,11-15H2,1-4H3. The number of ketones is 5. The molecule has 10 unspecified atom stereocenters. The molecule has 0 bridgehead atoms. The molecule has 0 spiro atoms. The first-order valence-corrected chi connectivity index (χ1v) is 47.1. The fourth-order valence-corrected chi connectivity index (χ4v) is 21.0. The summed E-state index contributed by atoms with van der Waals surface area (Å²) in [5.41, 5.74) is 12.7. The largest absolute Gasteiger partial charge is 0.508 e. The van der Waals surface area contributed by atoms with Gasteiger partial charge in [0, 0.05) is 61.7 Å². The molecule has 1 N–H and O–H groups in total. The molecule has 0 amide bonds. The van der Waals surface area contributed by atoms with E-state index in [1.807, 2.05) is 25.1 Å². The summed E-state index contributed by atoms with van der Waals surface area (Å²) in [6.07, 6.45) is 31.0. The maximum atomic E-state index is 12.9. The van der Waals surface area contributed by atoms with Crippen LogP contribution in [0.5, 0.6) is 11.5 Å². The molecule has 7 heteroatoms. The third-order valence-corrected chi connectivity index (χ3v) is 28.8. The summed E-state index contributed by atoms with van der Waals surface area (Å²) in [5, 5.41) is 9.80. The van der Waals surface area contributed by atoms with E-state index in [2.05, 4.69) is 256 Å². The Bertz CT molecular complexity index is 3700. The van der Waals surface area contributed by atoms with Crippen molar-refractivity contribution in [3.63, 3.8) is 0 Å². The molecule has 0 heterocycles. The van der Waals surface area contributed by atoms with E-state index in [1.54, 1.807) is 7.11 Å². The van der Waals surface area contributed by atoms with Crippen molar-refractivity contribution in [2.45, 2.75) is 359 Å². The van der Waals surface area contributed by atoms with Gasteiger partial charge in [-0.2, -0.15) is 0 Å². The average molecular weight is 1600 g/mol. The highest BCUT2D eigenvalue weighted by Gasteiger charge is 2.44. The highest BCUT2D eigenvalue weighted by Crippen LogP contribution is 2.51. The van der Waals surface area contributed by atoms with Crippen molar-refractivity contribution in [3.8, 4) is 11.5 Å². The first-order valence-electron chi connectivity index (χ1n) is 47.1. The zero-order chi connectivity index (χ0) is 86.8. The number of phenols is 1. The number of benzene rings is 5. The van der Waals surface area contributed by atoms with Crippen LogP contribution in [0.15, 0.2) is 115 Å². The number of carbonyl (C=O) groups is 5. The number of methoxy groups -OCH3 is 1. The van der Waals surface area contributed by atoms with Gasteiger partial charge in [-0.1, -0.05) is 253 Å². The van der Waals surface area contributed by atoms with Crippen LogP contribution in [0.1, 0.15) is 349 Å². The fraction of sp³-hybridized carbons (Fsp3) is 0.682. The minimum Gasteiger partial charge on any atom is -0.508 e. The summed E-state index contributed by atoms with van der Waals surface area (Å²) in [7, 11) is 1.71. The predicted molar refractivity (Wildman–Crippen MR) is 496 cm³/mol. The van der Waals surface area contributed by atoms with Crippen molar-refractivity contribution < 1.29 is 33.8 Å². The Kier molecular flexibility index (Phi) is 40.0. The molecule has 0 radical (unpaired) electrons. The topological polar surface area (TPSA) is 115 Å². The van der Waals surface area contributed by atoms with Crippen LogP contribution >= 0.6 is 0 Å². The number of carbonyl (C=O) groups excluding carboxylic acids is 5. The monoisotopic (exact) mass is 1600 g/mol. The fourth-order valence-electron chi connectivity index (χ4n) is 21.0. The number of aromatic hydroxyl groups is 1. The number of aryl methyl sites for hydroxylation is 9. The van der Waals surface area contributed by atoms with Gasteiger partial charge in [0.05, 0.1) is 7.11 Å². The van der Waals surface area contributed by atoms with Crippen molar-refractivity contribution in [1.29, 1.82) is 0 Å². The maximum Gasteiger partial charge on any atom is 0.136 e.